The number of ketones is 1. The molecule has 0 fully saturated rings. The Bertz CT molecular complexity index is 62.1. The molecule has 0 aromatic carbocycles. The van der Waals surface area contributed by atoms with Crippen molar-refractivity contribution in [2.75, 3.05) is 13.1 Å². The molecule has 0 aliphatic rings. The summed E-state index contributed by atoms with van der Waals surface area (Å²) in [5.74, 6) is 0.255. The van der Waals surface area contributed by atoms with Crippen LogP contribution in [0.1, 0.15) is 20.3 Å². The van der Waals surface area contributed by atoms with Gasteiger partial charge in [0.2, 0.25) is 0 Å². The summed E-state index contributed by atoms with van der Waals surface area (Å²) in [5.41, 5.74) is 9.81. The van der Waals surface area contributed by atoms with Gasteiger partial charge in [0.15, 0.2) is 0 Å². The zero-order valence-corrected chi connectivity index (χ0v) is 6.18. The lowest BCUT2D eigenvalue weighted by Crippen LogP contribution is -2.11. The minimum atomic E-state index is 0.255. The summed E-state index contributed by atoms with van der Waals surface area (Å²) in [6.45, 7) is 4.63. The average Bonchev–Trinajstić information content (AvgIpc) is 1.89. The first-order chi connectivity index (χ1) is 4.18. The third-order valence-corrected chi connectivity index (χ3v) is 0.665. The smallest absolute Gasteiger partial charge is 0.129 e. The summed E-state index contributed by atoms with van der Waals surface area (Å²) < 4.78 is 0. The van der Waals surface area contributed by atoms with Crippen molar-refractivity contribution in [3.8, 4) is 0 Å². The highest BCUT2D eigenvalue weighted by atomic mass is 16.1. The Hall–Kier alpha value is -0.410. The van der Waals surface area contributed by atoms with E-state index in [1.54, 1.807) is 6.92 Å². The van der Waals surface area contributed by atoms with Gasteiger partial charge in [-0.25, -0.2) is 0 Å². The van der Waals surface area contributed by atoms with Crippen LogP contribution in [-0.2, 0) is 4.79 Å². The molecule has 0 atom stereocenters. The largest absolute Gasteiger partial charge is 0.329 e. The molecule has 3 heteroatoms. The topological polar surface area (TPSA) is 69.1 Å². The third kappa shape index (κ3) is 35.4. The van der Waals surface area contributed by atoms with Gasteiger partial charge in [-0.2, -0.15) is 0 Å². The highest BCUT2D eigenvalue weighted by molar-refractivity contribution is 5.74. The molecule has 0 aliphatic heterocycles. The van der Waals surface area contributed by atoms with Crippen molar-refractivity contribution in [1.82, 2.24) is 0 Å². The van der Waals surface area contributed by atoms with Gasteiger partial charge in [-0.05, 0) is 6.92 Å². The first-order valence-electron chi connectivity index (χ1n) is 3.08. The van der Waals surface area contributed by atoms with E-state index in [-0.39, 0.29) is 5.78 Å². The van der Waals surface area contributed by atoms with Crippen molar-refractivity contribution >= 4 is 5.78 Å². The van der Waals surface area contributed by atoms with E-state index in [2.05, 4.69) is 0 Å². The Morgan fingerprint density at radius 2 is 1.56 bits per heavy atom. The van der Waals surface area contributed by atoms with Gasteiger partial charge in [0.1, 0.15) is 5.78 Å². The SMILES string of the molecule is CCC(C)=O.NCCN. The lowest BCUT2D eigenvalue weighted by atomic mass is 10.4. The van der Waals surface area contributed by atoms with Gasteiger partial charge >= 0.3 is 0 Å². The van der Waals surface area contributed by atoms with Crippen LogP contribution in [0.4, 0.5) is 0 Å². The number of hydrogen-bond donors (Lipinski definition) is 2. The molecule has 9 heavy (non-hydrogen) atoms. The lowest BCUT2D eigenvalue weighted by Gasteiger charge is -1.72. The van der Waals surface area contributed by atoms with Gasteiger partial charge in [0.25, 0.3) is 0 Å². The Morgan fingerprint density at radius 3 is 1.56 bits per heavy atom. The highest BCUT2D eigenvalue weighted by Crippen LogP contribution is 1.71. The first kappa shape index (κ1) is 11.4. The van der Waals surface area contributed by atoms with Crippen LogP contribution in [0, 0.1) is 0 Å². The van der Waals surface area contributed by atoms with Crippen molar-refractivity contribution in [2.24, 2.45) is 11.5 Å². The lowest BCUT2D eigenvalue weighted by molar-refractivity contribution is -0.116. The minimum absolute atomic E-state index is 0.255. The summed E-state index contributed by atoms with van der Waals surface area (Å²) in [6, 6.07) is 0. The van der Waals surface area contributed by atoms with E-state index >= 15 is 0 Å². The standard InChI is InChI=1S/C4H8O.C2H8N2/c1-3-4(2)5;3-1-2-4/h3H2,1-2H3;1-4H2. The predicted molar refractivity (Wildman–Crippen MR) is 39.1 cm³/mol. The second-order valence-electron chi connectivity index (χ2n) is 1.63. The van der Waals surface area contributed by atoms with E-state index in [4.69, 9.17) is 11.5 Å². The Morgan fingerprint density at radius 1 is 1.33 bits per heavy atom. The van der Waals surface area contributed by atoms with Gasteiger partial charge in [-0.15, -0.1) is 0 Å². The van der Waals surface area contributed by atoms with Gasteiger partial charge < -0.3 is 16.3 Å². The highest BCUT2D eigenvalue weighted by Gasteiger charge is 1.76. The number of carbonyl (C=O) groups is 1. The molecular weight excluding hydrogens is 116 g/mol. The van der Waals surface area contributed by atoms with Crippen LogP contribution in [0.5, 0.6) is 0 Å². The number of nitrogens with two attached hydrogens (primary N) is 2. The summed E-state index contributed by atoms with van der Waals surface area (Å²) in [5, 5.41) is 0. The van der Waals surface area contributed by atoms with Gasteiger partial charge in [0.05, 0.1) is 0 Å². The van der Waals surface area contributed by atoms with Crippen LogP contribution < -0.4 is 11.5 Å². The number of carbonyl (C=O) groups excluding carboxylic acids is 1. The predicted octanol–water partition coefficient (Wildman–Crippen LogP) is -0.111. The van der Waals surface area contributed by atoms with E-state index < -0.39 is 0 Å². The summed E-state index contributed by atoms with van der Waals surface area (Å²) >= 11 is 0. The fraction of sp³-hybridized carbons (Fsp3) is 0.833. The quantitative estimate of drug-likeness (QED) is 0.550. The van der Waals surface area contributed by atoms with Crippen LogP contribution in [0.25, 0.3) is 0 Å². The van der Waals surface area contributed by atoms with Crippen molar-refractivity contribution in [3.05, 3.63) is 0 Å². The second-order valence-corrected chi connectivity index (χ2v) is 1.63. The number of Topliss-reactive ketones (excluding diaryl/α,β-unsaturated/α-hetero) is 1. The Kier molecular flexibility index (Phi) is 13.4. The maximum atomic E-state index is 9.81. The van der Waals surface area contributed by atoms with E-state index in [0.29, 0.717) is 19.5 Å². The molecule has 0 rings (SSSR count). The monoisotopic (exact) mass is 132 g/mol. The normalized spacial score (nSPS) is 7.56. The molecule has 0 saturated heterocycles. The molecular formula is C6H16N2O. The molecule has 4 N–H and O–H groups in total. The molecule has 3 nitrogen and oxygen atoms in total. The number of hydrogen-bond acceptors (Lipinski definition) is 3. The molecule has 0 spiro atoms. The van der Waals surface area contributed by atoms with Crippen LogP contribution in [0.3, 0.4) is 0 Å². The molecule has 0 aliphatic carbocycles. The van der Waals surface area contributed by atoms with E-state index in [0.717, 1.165) is 0 Å². The number of rotatable bonds is 2. The third-order valence-electron chi connectivity index (χ3n) is 0.665. The van der Waals surface area contributed by atoms with E-state index in [9.17, 15) is 4.79 Å². The minimum Gasteiger partial charge on any atom is -0.329 e. The maximum Gasteiger partial charge on any atom is 0.129 e. The summed E-state index contributed by atoms with van der Waals surface area (Å²) in [7, 11) is 0. The fourth-order valence-corrected chi connectivity index (χ4v) is 0. The molecule has 0 aromatic heterocycles. The van der Waals surface area contributed by atoms with Crippen molar-refractivity contribution in [2.45, 2.75) is 20.3 Å². The van der Waals surface area contributed by atoms with Crippen LogP contribution >= 0.6 is 0 Å². The van der Waals surface area contributed by atoms with Crippen molar-refractivity contribution in [1.29, 1.82) is 0 Å². The summed E-state index contributed by atoms with van der Waals surface area (Å²) in [6.07, 6.45) is 0.667. The molecule has 0 amide bonds. The van der Waals surface area contributed by atoms with Crippen LogP contribution in [0.2, 0.25) is 0 Å². The zero-order valence-electron chi connectivity index (χ0n) is 6.18. The summed E-state index contributed by atoms with van der Waals surface area (Å²) in [4.78, 5) is 9.81. The molecule has 0 unspecified atom stereocenters. The van der Waals surface area contributed by atoms with Crippen molar-refractivity contribution < 1.29 is 4.79 Å². The Labute approximate surface area is 56.4 Å². The molecule has 0 heterocycles. The Balaban J connectivity index is 0. The van der Waals surface area contributed by atoms with Crippen LogP contribution in [0.15, 0.2) is 0 Å². The van der Waals surface area contributed by atoms with E-state index in [1.807, 2.05) is 6.92 Å². The van der Waals surface area contributed by atoms with Crippen LogP contribution in [-0.4, -0.2) is 18.9 Å². The van der Waals surface area contributed by atoms with Gasteiger partial charge in [-0.3, -0.25) is 0 Å². The molecule has 56 valence electrons. The average molecular weight is 132 g/mol. The first-order valence-corrected chi connectivity index (χ1v) is 3.08. The molecule has 0 saturated carbocycles. The van der Waals surface area contributed by atoms with Gasteiger partial charge in [0, 0.05) is 19.5 Å². The zero-order chi connectivity index (χ0) is 7.70. The van der Waals surface area contributed by atoms with Gasteiger partial charge in [-0.1, -0.05) is 6.92 Å². The molecule has 0 radical (unpaired) electrons. The second kappa shape index (κ2) is 10.5. The molecule has 0 bridgehead atoms. The maximum absolute atomic E-state index is 9.81. The van der Waals surface area contributed by atoms with Crippen molar-refractivity contribution in [3.63, 3.8) is 0 Å². The molecule has 0 aromatic rings. The van der Waals surface area contributed by atoms with E-state index in [1.165, 1.54) is 0 Å². The fourth-order valence-electron chi connectivity index (χ4n) is 0.